The number of aromatic amines is 1. The van der Waals surface area contributed by atoms with Gasteiger partial charge in [-0.15, -0.1) is 0 Å². The van der Waals surface area contributed by atoms with Gasteiger partial charge in [0.2, 0.25) is 0 Å². The lowest BCUT2D eigenvalue weighted by Crippen LogP contribution is -2.47. The summed E-state index contributed by atoms with van der Waals surface area (Å²) in [5.41, 5.74) is 3.11. The molecule has 320 valence electrons. The molecule has 0 radical (unpaired) electrons. The summed E-state index contributed by atoms with van der Waals surface area (Å²) < 4.78 is 69.2. The molecule has 1 amide bonds. The fourth-order valence-electron chi connectivity index (χ4n) is 8.02. The number of carbonyl (C=O) groups excluding carboxylic acids is 1. The lowest BCUT2D eigenvalue weighted by atomic mass is 9.72. The highest BCUT2D eigenvalue weighted by atomic mass is 35.5. The quantitative estimate of drug-likeness (QED) is 0.0764. The third-order valence-corrected chi connectivity index (χ3v) is 13.1. The number of hydrogen-bond acceptors (Lipinski definition) is 11. The summed E-state index contributed by atoms with van der Waals surface area (Å²) in [5.74, 6) is -0.697. The maximum absolute atomic E-state index is 14.0. The van der Waals surface area contributed by atoms with E-state index in [1.165, 1.54) is 30.5 Å². The SMILES string of the molecule is [2H]c1cc(C(=O)NS(=O)(=O)c2ccc(NCC3CCOCC3)c([N+](=O)[O-])c2)c(Oc2cnc3[nH]ccc3c2)cc1N1CCN(C([2H])([2H])C2=C(c3ccc(Cl)cc3)CC(C)(C)CC2)CC1. The van der Waals surface area contributed by atoms with Crippen molar-refractivity contribution in [2.75, 3.05) is 62.7 Å². The minimum Gasteiger partial charge on any atom is -0.455 e. The number of allylic oxidation sites excluding steroid dienone is 1. The van der Waals surface area contributed by atoms with Gasteiger partial charge in [0.15, 0.2) is 0 Å². The number of fused-ring (bicyclic) bond motifs is 1. The maximum Gasteiger partial charge on any atom is 0.293 e. The zero-order chi connectivity index (χ0) is 45.4. The Morgan fingerprint density at radius 1 is 1.10 bits per heavy atom. The first-order chi connectivity index (χ1) is 30.5. The summed E-state index contributed by atoms with van der Waals surface area (Å²) in [7, 11) is -4.67. The summed E-state index contributed by atoms with van der Waals surface area (Å²) in [5, 5.41) is 16.5. The minimum absolute atomic E-state index is 0.00280. The number of anilines is 2. The predicted molar refractivity (Wildman–Crippen MR) is 237 cm³/mol. The smallest absolute Gasteiger partial charge is 0.293 e. The number of H-pyrrole nitrogens is 1. The van der Waals surface area contributed by atoms with E-state index in [0.29, 0.717) is 68.7 Å². The molecular formula is C45H50ClN7O7S. The van der Waals surface area contributed by atoms with Gasteiger partial charge in [-0.25, -0.2) is 18.1 Å². The first-order valence-electron chi connectivity index (χ1n) is 21.9. The van der Waals surface area contributed by atoms with Crippen molar-refractivity contribution in [3.05, 3.63) is 117 Å². The number of hydrogen-bond donors (Lipinski definition) is 3. The fourth-order valence-corrected chi connectivity index (χ4v) is 9.13. The number of rotatable bonds is 13. The Morgan fingerprint density at radius 3 is 2.62 bits per heavy atom. The monoisotopic (exact) mass is 870 g/mol. The largest absolute Gasteiger partial charge is 0.455 e. The van der Waals surface area contributed by atoms with E-state index in [-0.39, 0.29) is 40.1 Å². The third kappa shape index (κ3) is 10.0. The van der Waals surface area contributed by atoms with Crippen LogP contribution in [0.2, 0.25) is 5.02 Å². The Kier molecular flexibility index (Phi) is 11.3. The lowest BCUT2D eigenvalue weighted by molar-refractivity contribution is -0.384. The van der Waals surface area contributed by atoms with E-state index in [9.17, 15) is 26.1 Å². The molecule has 4 heterocycles. The van der Waals surface area contributed by atoms with Crippen molar-refractivity contribution in [3.63, 3.8) is 0 Å². The highest BCUT2D eigenvalue weighted by Gasteiger charge is 2.31. The van der Waals surface area contributed by atoms with E-state index < -0.39 is 37.9 Å². The number of sulfonamides is 1. The van der Waals surface area contributed by atoms with Gasteiger partial charge in [0.1, 0.15) is 22.8 Å². The highest BCUT2D eigenvalue weighted by Crippen LogP contribution is 2.43. The average molecular weight is 871 g/mol. The van der Waals surface area contributed by atoms with E-state index >= 15 is 0 Å². The molecule has 61 heavy (non-hydrogen) atoms. The van der Waals surface area contributed by atoms with Crippen molar-refractivity contribution in [2.45, 2.75) is 50.8 Å². The molecule has 2 aliphatic heterocycles. The van der Waals surface area contributed by atoms with Crippen LogP contribution in [0, 0.1) is 21.4 Å². The topological polar surface area (TPSA) is 172 Å². The van der Waals surface area contributed by atoms with Crippen LogP contribution < -0.4 is 19.7 Å². The number of nitro benzene ring substituents is 1. The third-order valence-electron chi connectivity index (χ3n) is 11.5. The van der Waals surface area contributed by atoms with Crippen molar-refractivity contribution in [1.82, 2.24) is 19.6 Å². The Bertz CT molecular complexity index is 2720. The van der Waals surface area contributed by atoms with Crippen molar-refractivity contribution >= 4 is 61.2 Å². The summed E-state index contributed by atoms with van der Waals surface area (Å²) >= 11 is 6.22. The average Bonchev–Trinajstić information content (AvgIpc) is 3.74. The molecule has 2 aromatic heterocycles. The van der Waals surface area contributed by atoms with Gasteiger partial charge < -0.3 is 24.7 Å². The Balaban J connectivity index is 1.05. The summed E-state index contributed by atoms with van der Waals surface area (Å²) in [6.45, 7) is 5.64. The van der Waals surface area contributed by atoms with Gasteiger partial charge in [-0.05, 0) is 103 Å². The van der Waals surface area contributed by atoms with E-state index in [0.717, 1.165) is 53.8 Å². The summed E-state index contributed by atoms with van der Waals surface area (Å²) in [6.07, 6.45) is 6.92. The van der Waals surface area contributed by atoms with Crippen LogP contribution in [-0.4, -0.2) is 86.6 Å². The molecular weight excluding hydrogens is 818 g/mol. The number of piperazine rings is 1. The number of amides is 1. The van der Waals surface area contributed by atoms with Gasteiger partial charge in [0, 0.05) is 89.6 Å². The standard InChI is InChI=1S/C45H50ClN7O7S/c1-45(2)15-11-33(39(26-45)31-3-5-34(46)6-4-31)29-51-17-19-52(20-18-51)35-7-9-38(42(24-35)60-36-23-32-12-16-47-43(32)49-28-36)44(54)50-61(57,58)37-8-10-40(41(25-37)53(55)56)48-27-30-13-21-59-22-14-30/h3-10,12,16,23-25,28,30,48H,11,13-15,17-22,26-27,29H2,1-2H3,(H,47,49)(H,50,54)/i7D,29D2. The number of pyridine rings is 1. The number of carbonyl (C=O) groups is 1. The van der Waals surface area contributed by atoms with Crippen LogP contribution in [0.4, 0.5) is 17.1 Å². The van der Waals surface area contributed by atoms with E-state index in [4.69, 9.17) is 22.4 Å². The second kappa shape index (κ2) is 17.9. The predicted octanol–water partition coefficient (Wildman–Crippen LogP) is 8.66. The molecule has 5 aromatic rings. The molecule has 3 aromatic carbocycles. The number of ether oxygens (including phenoxy) is 2. The van der Waals surface area contributed by atoms with Crippen LogP contribution >= 0.6 is 11.6 Å². The second-order valence-electron chi connectivity index (χ2n) is 16.5. The van der Waals surface area contributed by atoms with Gasteiger partial charge in [-0.1, -0.05) is 43.2 Å². The minimum atomic E-state index is -4.67. The van der Waals surface area contributed by atoms with Crippen molar-refractivity contribution in [2.24, 2.45) is 11.3 Å². The number of nitrogens with zero attached hydrogens (tertiary/aromatic N) is 4. The van der Waals surface area contributed by atoms with Crippen LogP contribution in [0.25, 0.3) is 16.6 Å². The summed E-state index contributed by atoms with van der Waals surface area (Å²) in [4.78, 5) is 36.1. The second-order valence-corrected chi connectivity index (χ2v) is 18.6. The van der Waals surface area contributed by atoms with Crippen molar-refractivity contribution in [1.29, 1.82) is 0 Å². The molecule has 16 heteroatoms. The first kappa shape index (κ1) is 38.4. The van der Waals surface area contributed by atoms with Gasteiger partial charge in [-0.2, -0.15) is 0 Å². The van der Waals surface area contributed by atoms with Crippen LogP contribution in [0.5, 0.6) is 11.5 Å². The Morgan fingerprint density at radius 2 is 1.87 bits per heavy atom. The van der Waals surface area contributed by atoms with Crippen LogP contribution in [0.1, 0.15) is 66.0 Å². The van der Waals surface area contributed by atoms with Crippen molar-refractivity contribution < 1.29 is 31.7 Å². The van der Waals surface area contributed by atoms with Gasteiger partial charge in [0.25, 0.3) is 21.6 Å². The van der Waals surface area contributed by atoms with E-state index in [2.05, 4.69) is 29.1 Å². The molecule has 0 atom stereocenters. The van der Waals surface area contributed by atoms with Crippen LogP contribution in [-0.2, 0) is 14.8 Å². The van der Waals surface area contributed by atoms with Crippen LogP contribution in [0.3, 0.4) is 0 Å². The normalized spacial score (nSPS) is 18.6. The Labute approximate surface area is 364 Å². The number of benzene rings is 3. The van der Waals surface area contributed by atoms with Crippen LogP contribution in [0.15, 0.2) is 95.6 Å². The Hall–Kier alpha value is -5.48. The fraction of sp³-hybridized carbons (Fsp3) is 0.378. The molecule has 2 fully saturated rings. The van der Waals surface area contributed by atoms with Gasteiger partial charge >= 0.3 is 0 Å². The molecule has 1 aliphatic carbocycles. The zero-order valence-corrected chi connectivity index (χ0v) is 35.6. The molecule has 8 rings (SSSR count). The first-order valence-corrected chi connectivity index (χ1v) is 22.2. The molecule has 0 spiro atoms. The van der Waals surface area contributed by atoms with E-state index in [1.807, 2.05) is 38.8 Å². The maximum atomic E-state index is 14.0. The van der Waals surface area contributed by atoms with Crippen molar-refractivity contribution in [3.8, 4) is 11.5 Å². The van der Waals surface area contributed by atoms with Gasteiger partial charge in [-0.3, -0.25) is 19.8 Å². The molecule has 3 N–H and O–H groups in total. The number of halogens is 1. The number of nitro groups is 1. The summed E-state index contributed by atoms with van der Waals surface area (Å²) in [6, 6.07) is 17.1. The number of nitrogens with one attached hydrogen (secondary N) is 3. The molecule has 2 saturated heterocycles. The highest BCUT2D eigenvalue weighted by molar-refractivity contribution is 7.90. The molecule has 0 saturated carbocycles. The zero-order valence-electron chi connectivity index (χ0n) is 37.0. The van der Waals surface area contributed by atoms with Gasteiger partial charge in [0.05, 0.1) is 22.9 Å². The lowest BCUT2D eigenvalue weighted by Gasteiger charge is -2.39. The number of aromatic nitrogens is 2. The molecule has 0 unspecified atom stereocenters. The van der Waals surface area contributed by atoms with E-state index in [1.54, 1.807) is 18.3 Å². The molecule has 14 nitrogen and oxygen atoms in total. The molecule has 3 aliphatic rings. The molecule has 0 bridgehead atoms.